The number of alkyl halides is 3. The van der Waals surface area contributed by atoms with E-state index in [0.29, 0.717) is 16.4 Å². The monoisotopic (exact) mass is 461 g/mol. The van der Waals surface area contributed by atoms with E-state index >= 15 is 0 Å². The van der Waals surface area contributed by atoms with Gasteiger partial charge in [-0.05, 0) is 61.0 Å². The number of halogens is 4. The highest BCUT2D eigenvalue weighted by Gasteiger charge is 2.30. The predicted octanol–water partition coefficient (Wildman–Crippen LogP) is 5.97. The van der Waals surface area contributed by atoms with Crippen molar-refractivity contribution in [1.29, 1.82) is 0 Å². The van der Waals surface area contributed by atoms with Crippen LogP contribution in [0, 0.1) is 6.92 Å². The minimum Gasteiger partial charge on any atom is -0.376 e. The quantitative estimate of drug-likeness (QED) is 0.423. The zero-order valence-electron chi connectivity index (χ0n) is 16.9. The summed E-state index contributed by atoms with van der Waals surface area (Å²) in [5.74, 6) is -0.888. The Bertz CT molecular complexity index is 1150. The Balaban J connectivity index is 1.62. The highest BCUT2D eigenvalue weighted by molar-refractivity contribution is 6.31. The van der Waals surface area contributed by atoms with Gasteiger partial charge in [0.25, 0.3) is 5.91 Å². The van der Waals surface area contributed by atoms with Gasteiger partial charge in [0.2, 0.25) is 5.91 Å². The molecule has 0 aliphatic carbocycles. The summed E-state index contributed by atoms with van der Waals surface area (Å²) in [6.07, 6.45) is -4.51. The number of hydrogen-bond acceptors (Lipinski definition) is 3. The molecule has 5 nitrogen and oxygen atoms in total. The molecule has 0 saturated carbocycles. The molecule has 0 atom stereocenters. The van der Waals surface area contributed by atoms with E-state index < -0.39 is 17.6 Å². The maximum atomic E-state index is 12.9. The topological polar surface area (TPSA) is 70.2 Å². The summed E-state index contributed by atoms with van der Waals surface area (Å²) < 4.78 is 38.6. The number of carbonyl (C=O) groups excluding carboxylic acids is 2. The van der Waals surface area contributed by atoms with Crippen LogP contribution in [-0.4, -0.2) is 18.4 Å². The Morgan fingerprint density at radius 3 is 2.34 bits per heavy atom. The molecule has 0 aliphatic rings. The van der Waals surface area contributed by atoms with Crippen LogP contribution in [0.2, 0.25) is 5.02 Å². The van der Waals surface area contributed by atoms with Crippen LogP contribution < -0.4 is 16.0 Å². The Morgan fingerprint density at radius 1 is 0.906 bits per heavy atom. The lowest BCUT2D eigenvalue weighted by Crippen LogP contribution is -2.22. The van der Waals surface area contributed by atoms with Gasteiger partial charge < -0.3 is 16.0 Å². The first kappa shape index (κ1) is 23.1. The van der Waals surface area contributed by atoms with Gasteiger partial charge in [-0.3, -0.25) is 9.59 Å². The zero-order chi connectivity index (χ0) is 23.3. The Kier molecular flexibility index (Phi) is 7.05. The maximum Gasteiger partial charge on any atom is 0.416 e. The molecule has 3 N–H and O–H groups in total. The van der Waals surface area contributed by atoms with E-state index in [2.05, 4.69) is 16.0 Å². The molecule has 166 valence electrons. The molecule has 0 aliphatic heterocycles. The molecule has 3 aromatic carbocycles. The summed E-state index contributed by atoms with van der Waals surface area (Å²) in [5.41, 5.74) is 1.23. The van der Waals surface area contributed by atoms with Gasteiger partial charge >= 0.3 is 6.18 Å². The van der Waals surface area contributed by atoms with Crippen molar-refractivity contribution in [2.75, 3.05) is 22.5 Å². The van der Waals surface area contributed by atoms with Gasteiger partial charge in [0.15, 0.2) is 0 Å². The number of benzene rings is 3. The van der Waals surface area contributed by atoms with Crippen molar-refractivity contribution in [3.05, 3.63) is 88.4 Å². The second-order valence-corrected chi connectivity index (χ2v) is 7.33. The highest BCUT2D eigenvalue weighted by Crippen LogP contribution is 2.30. The molecular formula is C23H19ClF3N3O2. The van der Waals surface area contributed by atoms with E-state index in [9.17, 15) is 22.8 Å². The van der Waals surface area contributed by atoms with Gasteiger partial charge in [-0.25, -0.2) is 0 Å². The molecule has 9 heteroatoms. The highest BCUT2D eigenvalue weighted by atomic mass is 35.5. The molecule has 0 fully saturated rings. The fraction of sp³-hybridized carbons (Fsp3) is 0.130. The molecule has 0 saturated heterocycles. The molecule has 32 heavy (non-hydrogen) atoms. The zero-order valence-corrected chi connectivity index (χ0v) is 17.6. The summed E-state index contributed by atoms with van der Waals surface area (Å²) in [6.45, 7) is 1.72. The molecule has 3 aromatic rings. The largest absolute Gasteiger partial charge is 0.416 e. The van der Waals surface area contributed by atoms with Crippen LogP contribution in [0.25, 0.3) is 0 Å². The summed E-state index contributed by atoms with van der Waals surface area (Å²) in [4.78, 5) is 24.7. The van der Waals surface area contributed by atoms with Crippen molar-refractivity contribution in [3.63, 3.8) is 0 Å². The van der Waals surface area contributed by atoms with Gasteiger partial charge in [-0.15, -0.1) is 0 Å². The van der Waals surface area contributed by atoms with Crippen molar-refractivity contribution in [3.8, 4) is 0 Å². The van der Waals surface area contributed by atoms with Crippen molar-refractivity contribution in [1.82, 2.24) is 0 Å². The summed E-state index contributed by atoms with van der Waals surface area (Å²) in [5, 5.41) is 8.65. The minimum atomic E-state index is -4.51. The Morgan fingerprint density at radius 2 is 1.59 bits per heavy atom. The van der Waals surface area contributed by atoms with Gasteiger partial charge in [-0.2, -0.15) is 13.2 Å². The number of nitrogens with one attached hydrogen (secondary N) is 3. The second kappa shape index (κ2) is 9.74. The number of anilines is 3. The van der Waals surface area contributed by atoms with Crippen LogP contribution in [0.4, 0.5) is 30.2 Å². The van der Waals surface area contributed by atoms with E-state index in [-0.39, 0.29) is 23.7 Å². The Hall–Kier alpha value is -3.52. The van der Waals surface area contributed by atoms with Gasteiger partial charge in [0.05, 0.1) is 12.1 Å². The summed E-state index contributed by atoms with van der Waals surface area (Å²) >= 11 is 6.05. The lowest BCUT2D eigenvalue weighted by atomic mass is 10.1. The number of hydrogen-bond donors (Lipinski definition) is 3. The van der Waals surface area contributed by atoms with Crippen LogP contribution in [0.5, 0.6) is 0 Å². The van der Waals surface area contributed by atoms with Crippen molar-refractivity contribution >= 4 is 40.5 Å². The normalized spacial score (nSPS) is 11.0. The summed E-state index contributed by atoms with van der Waals surface area (Å²) in [6, 6.07) is 15.8. The van der Waals surface area contributed by atoms with Gasteiger partial charge in [0.1, 0.15) is 0 Å². The molecule has 0 bridgehead atoms. The molecule has 0 heterocycles. The van der Waals surface area contributed by atoms with Gasteiger partial charge in [-0.1, -0.05) is 29.8 Å². The number of amides is 2. The first-order valence-corrected chi connectivity index (χ1v) is 9.89. The van der Waals surface area contributed by atoms with Crippen molar-refractivity contribution in [2.24, 2.45) is 0 Å². The van der Waals surface area contributed by atoms with Crippen LogP contribution >= 0.6 is 11.6 Å². The fourth-order valence-electron chi connectivity index (χ4n) is 2.87. The molecule has 0 radical (unpaired) electrons. The van der Waals surface area contributed by atoms with Crippen molar-refractivity contribution in [2.45, 2.75) is 13.1 Å². The molecule has 0 aromatic heterocycles. The first-order valence-electron chi connectivity index (χ1n) is 9.51. The van der Waals surface area contributed by atoms with E-state index in [1.54, 1.807) is 37.3 Å². The molecule has 3 rings (SSSR count). The van der Waals surface area contributed by atoms with E-state index in [0.717, 1.165) is 17.7 Å². The average Bonchev–Trinajstić information content (AvgIpc) is 2.75. The van der Waals surface area contributed by atoms with E-state index in [1.807, 2.05) is 0 Å². The molecular weight excluding hydrogens is 443 g/mol. The smallest absolute Gasteiger partial charge is 0.376 e. The minimum absolute atomic E-state index is 0.0273. The molecule has 0 spiro atoms. The standard InChI is InChI=1S/C23H19ClF3N3O2/c1-14-19(24)9-4-10-20(14)30-21(31)13-28-17-7-2-5-15(11-17)22(32)29-18-8-3-6-16(12-18)23(25,26)27/h2-12,28H,13H2,1H3,(H,29,32)(H,30,31). The third-order valence-corrected chi connectivity index (χ3v) is 4.98. The second-order valence-electron chi connectivity index (χ2n) is 6.93. The number of rotatable bonds is 6. The van der Waals surface area contributed by atoms with Crippen LogP contribution in [0.15, 0.2) is 66.7 Å². The lowest BCUT2D eigenvalue weighted by Gasteiger charge is -2.12. The van der Waals surface area contributed by atoms with Crippen LogP contribution in [0.3, 0.4) is 0 Å². The maximum absolute atomic E-state index is 12.9. The van der Waals surface area contributed by atoms with Crippen molar-refractivity contribution < 1.29 is 22.8 Å². The van der Waals surface area contributed by atoms with Crippen LogP contribution in [-0.2, 0) is 11.0 Å². The lowest BCUT2D eigenvalue weighted by molar-refractivity contribution is -0.137. The first-order chi connectivity index (χ1) is 15.1. The van der Waals surface area contributed by atoms with Gasteiger partial charge in [0, 0.05) is 27.6 Å². The SMILES string of the molecule is Cc1c(Cl)cccc1NC(=O)CNc1cccc(C(=O)Nc2cccc(C(F)(F)F)c2)c1. The van der Waals surface area contributed by atoms with Crippen LogP contribution in [0.1, 0.15) is 21.5 Å². The predicted molar refractivity (Wildman–Crippen MR) is 119 cm³/mol. The Labute approximate surface area is 187 Å². The average molecular weight is 462 g/mol. The third kappa shape index (κ3) is 6.01. The fourth-order valence-corrected chi connectivity index (χ4v) is 3.04. The molecule has 0 unspecified atom stereocenters. The summed E-state index contributed by atoms with van der Waals surface area (Å²) in [7, 11) is 0. The molecule has 2 amide bonds. The van der Waals surface area contributed by atoms with E-state index in [1.165, 1.54) is 24.3 Å². The third-order valence-electron chi connectivity index (χ3n) is 4.57. The van der Waals surface area contributed by atoms with E-state index in [4.69, 9.17) is 11.6 Å². The number of carbonyl (C=O) groups is 2.